The average Bonchev–Trinajstić information content (AvgIpc) is 2.52. The minimum absolute atomic E-state index is 0.219. The van der Waals surface area contributed by atoms with Crippen molar-refractivity contribution < 1.29 is 13.9 Å². The number of methoxy groups -OCH3 is 2. The van der Waals surface area contributed by atoms with E-state index >= 15 is 0 Å². The summed E-state index contributed by atoms with van der Waals surface area (Å²) >= 11 is 0. The molecule has 4 nitrogen and oxygen atoms in total. The van der Waals surface area contributed by atoms with E-state index in [1.165, 1.54) is 12.3 Å². The van der Waals surface area contributed by atoms with Crippen LogP contribution in [0.5, 0.6) is 11.5 Å². The smallest absolute Gasteiger partial charge is 0.141 e. The number of benzene rings is 1. The molecule has 2 rings (SSSR count). The van der Waals surface area contributed by atoms with E-state index < -0.39 is 0 Å². The van der Waals surface area contributed by atoms with Crippen LogP contribution in [0.4, 0.5) is 4.39 Å². The largest absolute Gasteiger partial charge is 0.497 e. The molecular formula is C16H19FN2O2. The summed E-state index contributed by atoms with van der Waals surface area (Å²) in [6.07, 6.45) is 2.84. The molecule has 0 fully saturated rings. The first kappa shape index (κ1) is 15.3. The Morgan fingerprint density at radius 2 is 2.00 bits per heavy atom. The molecule has 1 unspecified atom stereocenters. The molecule has 0 aliphatic heterocycles. The lowest BCUT2D eigenvalue weighted by molar-refractivity contribution is 0.394. The second kappa shape index (κ2) is 7.04. The zero-order chi connectivity index (χ0) is 15.2. The van der Waals surface area contributed by atoms with E-state index in [0.717, 1.165) is 23.4 Å². The lowest BCUT2D eigenvalue weighted by atomic mass is 9.98. The van der Waals surface area contributed by atoms with Gasteiger partial charge < -0.3 is 14.8 Å². The fourth-order valence-corrected chi connectivity index (χ4v) is 2.26. The lowest BCUT2D eigenvalue weighted by Gasteiger charge is -2.21. The number of nitrogens with one attached hydrogen (secondary N) is 1. The minimum Gasteiger partial charge on any atom is -0.497 e. The van der Waals surface area contributed by atoms with Gasteiger partial charge in [-0.05, 0) is 36.4 Å². The minimum atomic E-state index is -0.364. The number of pyridine rings is 1. The van der Waals surface area contributed by atoms with Crippen molar-refractivity contribution in [1.29, 1.82) is 0 Å². The monoisotopic (exact) mass is 290 g/mol. The number of hydrogen-bond donors (Lipinski definition) is 1. The maximum atomic E-state index is 13.5. The molecule has 1 aromatic carbocycles. The van der Waals surface area contributed by atoms with Gasteiger partial charge in [0.2, 0.25) is 0 Å². The van der Waals surface area contributed by atoms with Crippen LogP contribution in [0, 0.1) is 5.82 Å². The highest BCUT2D eigenvalue weighted by molar-refractivity contribution is 5.45. The van der Waals surface area contributed by atoms with E-state index in [9.17, 15) is 4.39 Å². The summed E-state index contributed by atoms with van der Waals surface area (Å²) in [7, 11) is 3.22. The van der Waals surface area contributed by atoms with Gasteiger partial charge in [0.25, 0.3) is 0 Å². The highest BCUT2D eigenvalue weighted by atomic mass is 19.1. The van der Waals surface area contributed by atoms with E-state index in [4.69, 9.17) is 9.47 Å². The van der Waals surface area contributed by atoms with Crippen LogP contribution in [-0.4, -0.2) is 25.7 Å². The highest BCUT2D eigenvalue weighted by Gasteiger charge is 2.19. The van der Waals surface area contributed by atoms with Gasteiger partial charge in [-0.2, -0.15) is 0 Å². The summed E-state index contributed by atoms with van der Waals surface area (Å²) in [5.74, 6) is 1.07. The Labute approximate surface area is 123 Å². The zero-order valence-corrected chi connectivity index (χ0v) is 12.4. The standard InChI is InChI=1S/C16H19FN2O2/c1-4-19-16(11-7-12(17)10-18-9-11)14-8-13(20-2)5-6-15(14)21-3/h5-10,16,19H,4H2,1-3H3. The van der Waals surface area contributed by atoms with Crippen molar-refractivity contribution in [3.05, 3.63) is 53.6 Å². The summed E-state index contributed by atoms with van der Waals surface area (Å²) in [6.45, 7) is 2.72. The Morgan fingerprint density at radius 1 is 1.19 bits per heavy atom. The van der Waals surface area contributed by atoms with Gasteiger partial charge in [-0.3, -0.25) is 4.98 Å². The van der Waals surface area contributed by atoms with Crippen LogP contribution in [0.1, 0.15) is 24.1 Å². The molecule has 0 saturated carbocycles. The SMILES string of the molecule is CCNC(c1cncc(F)c1)c1cc(OC)ccc1OC. The van der Waals surface area contributed by atoms with Crippen molar-refractivity contribution in [2.75, 3.05) is 20.8 Å². The van der Waals surface area contributed by atoms with Gasteiger partial charge in [-0.25, -0.2) is 4.39 Å². The van der Waals surface area contributed by atoms with Crippen molar-refractivity contribution in [3.8, 4) is 11.5 Å². The number of rotatable bonds is 6. The number of nitrogens with zero attached hydrogens (tertiary/aromatic N) is 1. The first-order valence-corrected chi connectivity index (χ1v) is 6.75. The van der Waals surface area contributed by atoms with E-state index in [1.54, 1.807) is 20.4 Å². The fourth-order valence-electron chi connectivity index (χ4n) is 2.26. The maximum Gasteiger partial charge on any atom is 0.141 e. The number of hydrogen-bond acceptors (Lipinski definition) is 4. The molecule has 2 aromatic rings. The molecule has 112 valence electrons. The molecule has 1 heterocycles. The van der Waals surface area contributed by atoms with Crippen LogP contribution in [0.15, 0.2) is 36.7 Å². The third kappa shape index (κ3) is 3.49. The van der Waals surface area contributed by atoms with Crippen molar-refractivity contribution in [3.63, 3.8) is 0 Å². The molecule has 0 aliphatic carbocycles. The molecule has 0 bridgehead atoms. The molecule has 0 saturated heterocycles. The maximum absolute atomic E-state index is 13.5. The predicted octanol–water partition coefficient (Wildman–Crippen LogP) is 2.94. The van der Waals surface area contributed by atoms with Gasteiger partial charge in [0.1, 0.15) is 17.3 Å². The Bertz CT molecular complexity index is 605. The van der Waals surface area contributed by atoms with Crippen LogP contribution in [0.3, 0.4) is 0 Å². The second-order valence-corrected chi connectivity index (χ2v) is 4.54. The van der Waals surface area contributed by atoms with E-state index in [0.29, 0.717) is 5.75 Å². The first-order valence-electron chi connectivity index (χ1n) is 6.75. The molecule has 0 amide bonds. The predicted molar refractivity (Wildman–Crippen MR) is 79.3 cm³/mol. The van der Waals surface area contributed by atoms with Crippen molar-refractivity contribution in [2.24, 2.45) is 0 Å². The van der Waals surface area contributed by atoms with Crippen LogP contribution in [0.25, 0.3) is 0 Å². The van der Waals surface area contributed by atoms with Crippen molar-refractivity contribution in [2.45, 2.75) is 13.0 Å². The van der Waals surface area contributed by atoms with E-state index in [-0.39, 0.29) is 11.9 Å². The summed E-state index contributed by atoms with van der Waals surface area (Å²) < 4.78 is 24.1. The Hall–Kier alpha value is -2.14. The van der Waals surface area contributed by atoms with Crippen molar-refractivity contribution >= 4 is 0 Å². The molecule has 5 heteroatoms. The summed E-state index contributed by atoms with van der Waals surface area (Å²) in [5.41, 5.74) is 1.62. The highest BCUT2D eigenvalue weighted by Crippen LogP contribution is 2.33. The molecule has 1 N–H and O–H groups in total. The normalized spacial score (nSPS) is 12.0. The number of halogens is 1. The third-order valence-electron chi connectivity index (χ3n) is 3.22. The fraction of sp³-hybridized carbons (Fsp3) is 0.312. The molecule has 1 aromatic heterocycles. The molecule has 0 radical (unpaired) electrons. The number of aromatic nitrogens is 1. The molecular weight excluding hydrogens is 271 g/mol. The van der Waals surface area contributed by atoms with Gasteiger partial charge >= 0.3 is 0 Å². The topological polar surface area (TPSA) is 43.4 Å². The van der Waals surface area contributed by atoms with Crippen molar-refractivity contribution in [1.82, 2.24) is 10.3 Å². The van der Waals surface area contributed by atoms with Gasteiger partial charge in [0.05, 0.1) is 26.5 Å². The quantitative estimate of drug-likeness (QED) is 0.888. The number of ether oxygens (including phenoxy) is 2. The van der Waals surface area contributed by atoms with Crippen LogP contribution in [-0.2, 0) is 0 Å². The van der Waals surface area contributed by atoms with Gasteiger partial charge in [-0.15, -0.1) is 0 Å². The second-order valence-electron chi connectivity index (χ2n) is 4.54. The van der Waals surface area contributed by atoms with E-state index in [2.05, 4.69) is 10.3 Å². The Kier molecular flexibility index (Phi) is 5.11. The Morgan fingerprint density at radius 3 is 2.62 bits per heavy atom. The van der Waals surface area contributed by atoms with Crippen LogP contribution < -0.4 is 14.8 Å². The third-order valence-corrected chi connectivity index (χ3v) is 3.22. The van der Waals surface area contributed by atoms with Gasteiger partial charge in [0.15, 0.2) is 0 Å². The first-order chi connectivity index (χ1) is 10.2. The van der Waals surface area contributed by atoms with Crippen LogP contribution in [0.2, 0.25) is 0 Å². The lowest BCUT2D eigenvalue weighted by Crippen LogP contribution is -2.23. The van der Waals surface area contributed by atoms with Gasteiger partial charge in [0, 0.05) is 11.8 Å². The summed E-state index contributed by atoms with van der Waals surface area (Å²) in [6, 6.07) is 6.81. The van der Waals surface area contributed by atoms with E-state index in [1.807, 2.05) is 25.1 Å². The Balaban J connectivity index is 2.51. The van der Waals surface area contributed by atoms with Crippen LogP contribution >= 0.6 is 0 Å². The average molecular weight is 290 g/mol. The summed E-state index contributed by atoms with van der Waals surface area (Å²) in [5, 5.41) is 3.33. The zero-order valence-electron chi connectivity index (χ0n) is 12.4. The molecule has 21 heavy (non-hydrogen) atoms. The molecule has 1 atom stereocenters. The molecule has 0 spiro atoms. The van der Waals surface area contributed by atoms with Gasteiger partial charge in [-0.1, -0.05) is 6.92 Å². The molecule has 0 aliphatic rings. The summed E-state index contributed by atoms with van der Waals surface area (Å²) in [4.78, 5) is 3.92.